The zero-order valence-electron chi connectivity index (χ0n) is 12.4. The van der Waals surface area contributed by atoms with E-state index >= 15 is 0 Å². The van der Waals surface area contributed by atoms with Gasteiger partial charge in [-0.15, -0.1) is 0 Å². The summed E-state index contributed by atoms with van der Waals surface area (Å²) in [6.07, 6.45) is 0.645. The van der Waals surface area contributed by atoms with Crippen LogP contribution in [0.4, 0.5) is 0 Å². The maximum atomic E-state index is 12.7. The second-order valence-electron chi connectivity index (χ2n) is 5.32. The average Bonchev–Trinajstić information content (AvgIpc) is 2.43. The summed E-state index contributed by atoms with van der Waals surface area (Å²) < 4.78 is 1.27. The van der Waals surface area contributed by atoms with Crippen LogP contribution in [-0.2, 0) is 0 Å². The molecular weight excluding hydrogens is 288 g/mol. The zero-order chi connectivity index (χ0) is 15.6. The van der Waals surface area contributed by atoms with E-state index in [4.69, 9.17) is 11.6 Å². The number of aromatic amines is 1. The lowest BCUT2D eigenvalue weighted by molar-refractivity contribution is 0.514. The van der Waals surface area contributed by atoms with Crippen LogP contribution in [0.25, 0.3) is 0 Å². The highest BCUT2D eigenvalue weighted by molar-refractivity contribution is 6.30. The normalized spacial score (nSPS) is 12.6. The molecule has 1 aromatic heterocycles. The number of hydrogen-bond acceptors (Lipinski definition) is 2. The first-order valence-corrected chi connectivity index (χ1v) is 7.44. The molecule has 1 atom stereocenters. The Hall–Kier alpha value is -1.81. The quantitative estimate of drug-likeness (QED) is 0.881. The van der Waals surface area contributed by atoms with E-state index in [1.807, 2.05) is 51.1 Å². The largest absolute Gasteiger partial charge is 0.330 e. The molecule has 0 radical (unpaired) electrons. The van der Waals surface area contributed by atoms with Crippen molar-refractivity contribution in [2.24, 2.45) is 0 Å². The first kappa shape index (κ1) is 15.6. The molecule has 112 valence electrons. The second kappa shape index (κ2) is 6.31. The fourth-order valence-corrected chi connectivity index (χ4v) is 2.94. The van der Waals surface area contributed by atoms with E-state index < -0.39 is 5.69 Å². The smallest absolute Gasteiger partial charge is 0.297 e. The van der Waals surface area contributed by atoms with Gasteiger partial charge in [-0.3, -0.25) is 14.3 Å². The standard InChI is InChI=1S/C16H19ClN2O2/c1-4-12(11-8-6-5-7-9-11)19-15(20)13(10(2)3)14(17)18-16(19)21/h5-10,12H,4H2,1-3H3,(H,18,21). The molecule has 1 heterocycles. The lowest BCUT2D eigenvalue weighted by Crippen LogP contribution is -2.40. The van der Waals surface area contributed by atoms with E-state index in [0.717, 1.165) is 5.56 Å². The molecule has 21 heavy (non-hydrogen) atoms. The van der Waals surface area contributed by atoms with Gasteiger partial charge in [-0.05, 0) is 17.9 Å². The molecular formula is C16H19ClN2O2. The number of nitrogens with one attached hydrogen (secondary N) is 1. The summed E-state index contributed by atoms with van der Waals surface area (Å²) >= 11 is 6.03. The Morgan fingerprint density at radius 3 is 2.33 bits per heavy atom. The van der Waals surface area contributed by atoms with Crippen molar-refractivity contribution < 1.29 is 0 Å². The predicted octanol–water partition coefficient (Wildman–Crippen LogP) is 3.31. The van der Waals surface area contributed by atoms with Crippen molar-refractivity contribution in [3.63, 3.8) is 0 Å². The third kappa shape index (κ3) is 2.95. The molecule has 0 saturated heterocycles. The van der Waals surface area contributed by atoms with Gasteiger partial charge in [0, 0.05) is 0 Å². The number of nitrogens with zero attached hydrogens (tertiary/aromatic N) is 1. The van der Waals surface area contributed by atoms with Crippen molar-refractivity contribution in [1.82, 2.24) is 9.55 Å². The van der Waals surface area contributed by atoms with Gasteiger partial charge in [0.1, 0.15) is 5.15 Å². The summed E-state index contributed by atoms with van der Waals surface area (Å²) in [7, 11) is 0. The van der Waals surface area contributed by atoms with Gasteiger partial charge in [-0.25, -0.2) is 4.79 Å². The highest BCUT2D eigenvalue weighted by Crippen LogP contribution is 2.21. The molecule has 2 aromatic rings. The van der Waals surface area contributed by atoms with Crippen LogP contribution in [0.5, 0.6) is 0 Å². The summed E-state index contributed by atoms with van der Waals surface area (Å²) in [6, 6.07) is 9.25. The Bertz CT molecular complexity index is 732. The first-order chi connectivity index (χ1) is 9.97. The van der Waals surface area contributed by atoms with E-state index in [2.05, 4.69) is 4.98 Å². The summed E-state index contributed by atoms with van der Waals surface area (Å²) in [4.78, 5) is 27.5. The minimum absolute atomic E-state index is 0.0543. The summed E-state index contributed by atoms with van der Waals surface area (Å²) in [5.41, 5.74) is 0.606. The van der Waals surface area contributed by atoms with Crippen LogP contribution in [-0.4, -0.2) is 9.55 Å². The highest BCUT2D eigenvalue weighted by Gasteiger charge is 2.21. The molecule has 4 nitrogen and oxygen atoms in total. The maximum Gasteiger partial charge on any atom is 0.330 e. The van der Waals surface area contributed by atoms with E-state index in [1.165, 1.54) is 4.57 Å². The van der Waals surface area contributed by atoms with E-state index in [-0.39, 0.29) is 22.7 Å². The van der Waals surface area contributed by atoms with Crippen LogP contribution in [0.15, 0.2) is 39.9 Å². The molecule has 0 saturated carbocycles. The predicted molar refractivity (Wildman–Crippen MR) is 85.3 cm³/mol. The van der Waals surface area contributed by atoms with Crippen LogP contribution in [0, 0.1) is 0 Å². The van der Waals surface area contributed by atoms with Crippen molar-refractivity contribution in [1.29, 1.82) is 0 Å². The molecule has 1 N–H and O–H groups in total. The van der Waals surface area contributed by atoms with E-state index in [9.17, 15) is 9.59 Å². The number of H-pyrrole nitrogens is 1. The van der Waals surface area contributed by atoms with Crippen LogP contribution >= 0.6 is 11.6 Å². The van der Waals surface area contributed by atoms with Gasteiger partial charge in [-0.1, -0.05) is 62.7 Å². The van der Waals surface area contributed by atoms with Crippen molar-refractivity contribution in [2.45, 2.75) is 39.2 Å². The minimum atomic E-state index is -0.467. The van der Waals surface area contributed by atoms with Gasteiger partial charge < -0.3 is 0 Å². The highest BCUT2D eigenvalue weighted by atomic mass is 35.5. The van der Waals surface area contributed by atoms with Gasteiger partial charge >= 0.3 is 5.69 Å². The fourth-order valence-electron chi connectivity index (χ4n) is 2.56. The lowest BCUT2D eigenvalue weighted by atomic mass is 10.0. The molecule has 0 aliphatic rings. The van der Waals surface area contributed by atoms with Gasteiger partial charge in [0.15, 0.2) is 0 Å². The molecule has 0 aliphatic carbocycles. The molecule has 0 spiro atoms. The van der Waals surface area contributed by atoms with E-state index in [1.54, 1.807) is 0 Å². The monoisotopic (exact) mass is 306 g/mol. The molecule has 2 rings (SSSR count). The second-order valence-corrected chi connectivity index (χ2v) is 5.70. The van der Waals surface area contributed by atoms with Crippen molar-refractivity contribution in [2.75, 3.05) is 0 Å². The topological polar surface area (TPSA) is 54.9 Å². The molecule has 0 fully saturated rings. The van der Waals surface area contributed by atoms with E-state index in [0.29, 0.717) is 12.0 Å². The SMILES string of the molecule is CCC(c1ccccc1)n1c(=O)[nH]c(Cl)c(C(C)C)c1=O. The Balaban J connectivity index is 2.71. The number of halogens is 1. The van der Waals surface area contributed by atoms with Crippen LogP contribution in [0.1, 0.15) is 50.3 Å². The Kier molecular flexibility index (Phi) is 4.68. The molecule has 1 aromatic carbocycles. The molecule has 0 aliphatic heterocycles. The van der Waals surface area contributed by atoms with Gasteiger partial charge in [-0.2, -0.15) is 0 Å². The summed E-state index contributed by atoms with van der Waals surface area (Å²) in [5, 5.41) is 0.138. The van der Waals surface area contributed by atoms with Crippen LogP contribution in [0.2, 0.25) is 5.15 Å². The van der Waals surface area contributed by atoms with Crippen molar-refractivity contribution in [3.05, 3.63) is 67.4 Å². The third-order valence-electron chi connectivity index (χ3n) is 3.58. The van der Waals surface area contributed by atoms with Crippen molar-refractivity contribution >= 4 is 11.6 Å². The van der Waals surface area contributed by atoms with Crippen molar-refractivity contribution in [3.8, 4) is 0 Å². The average molecular weight is 307 g/mol. The van der Waals surface area contributed by atoms with Crippen LogP contribution in [0.3, 0.4) is 0 Å². The maximum absolute atomic E-state index is 12.7. The summed E-state index contributed by atoms with van der Waals surface area (Å²) in [5.74, 6) is -0.0543. The number of benzene rings is 1. The first-order valence-electron chi connectivity index (χ1n) is 7.06. The Morgan fingerprint density at radius 1 is 1.19 bits per heavy atom. The number of hydrogen-bond donors (Lipinski definition) is 1. The molecule has 0 amide bonds. The summed E-state index contributed by atoms with van der Waals surface area (Å²) in [6.45, 7) is 5.72. The Labute approximate surface area is 128 Å². The number of aromatic nitrogens is 2. The third-order valence-corrected chi connectivity index (χ3v) is 3.88. The zero-order valence-corrected chi connectivity index (χ0v) is 13.1. The fraction of sp³-hybridized carbons (Fsp3) is 0.375. The molecule has 0 bridgehead atoms. The Morgan fingerprint density at radius 2 is 1.81 bits per heavy atom. The molecule has 1 unspecified atom stereocenters. The van der Waals surface area contributed by atoms with Gasteiger partial charge in [0.05, 0.1) is 11.6 Å². The molecule has 5 heteroatoms. The van der Waals surface area contributed by atoms with Gasteiger partial charge in [0.25, 0.3) is 5.56 Å². The van der Waals surface area contributed by atoms with Gasteiger partial charge in [0.2, 0.25) is 0 Å². The lowest BCUT2D eigenvalue weighted by Gasteiger charge is -2.19. The number of rotatable bonds is 4. The minimum Gasteiger partial charge on any atom is -0.297 e. The van der Waals surface area contributed by atoms with Crippen LogP contribution < -0.4 is 11.2 Å².